The highest BCUT2D eigenvalue weighted by molar-refractivity contribution is 14.1. The van der Waals surface area contributed by atoms with E-state index >= 15 is 0 Å². The minimum absolute atomic E-state index is 0.0413. The normalized spacial score (nSPS) is 38.4. The highest BCUT2D eigenvalue weighted by atomic mass is 127. The maximum Gasteiger partial charge on any atom is 0.315 e. The van der Waals surface area contributed by atoms with Gasteiger partial charge in [0.15, 0.2) is 23.0 Å². The number of hydrogen-bond donors (Lipinski definition) is 0. The minimum Gasteiger partial charge on any atom is -0.462 e. The van der Waals surface area contributed by atoms with E-state index in [1.165, 1.54) is 51.4 Å². The summed E-state index contributed by atoms with van der Waals surface area (Å²) in [6, 6.07) is 0. The molecular formula is C31H49IO4. The maximum absolute atomic E-state index is 12.3. The zero-order valence-corrected chi connectivity index (χ0v) is 25.5. The van der Waals surface area contributed by atoms with Crippen molar-refractivity contribution in [2.75, 3.05) is 0 Å². The lowest BCUT2D eigenvalue weighted by molar-refractivity contribution is -0.153. The lowest BCUT2D eigenvalue weighted by atomic mass is 9.47. The van der Waals surface area contributed by atoms with Gasteiger partial charge in [-0.3, -0.25) is 9.59 Å². The molecule has 3 fully saturated rings. The molecule has 36 heavy (non-hydrogen) atoms. The third kappa shape index (κ3) is 5.71. The molecule has 3 saturated carbocycles. The van der Waals surface area contributed by atoms with Crippen molar-refractivity contribution in [3.63, 3.8) is 0 Å². The number of ether oxygens (including phenoxy) is 1. The smallest absolute Gasteiger partial charge is 0.315 e. The van der Waals surface area contributed by atoms with E-state index in [0.29, 0.717) is 5.41 Å². The molecule has 0 aromatic heterocycles. The summed E-state index contributed by atoms with van der Waals surface area (Å²) in [5.41, 5.74) is 2.32. The van der Waals surface area contributed by atoms with E-state index in [1.54, 1.807) is 28.6 Å². The van der Waals surface area contributed by atoms with Crippen LogP contribution in [-0.2, 0) is 17.4 Å². The third-order valence-electron chi connectivity index (χ3n) is 11.2. The first kappa shape index (κ1) is 28.4. The molecule has 4 aliphatic rings. The first-order chi connectivity index (χ1) is 17.1. The lowest BCUT2D eigenvalue weighted by Gasteiger charge is -2.58. The maximum atomic E-state index is 12.3. The second-order valence-electron chi connectivity index (χ2n) is 13.6. The topological polar surface area (TPSA) is 52.6 Å². The molecule has 8 atom stereocenters. The Morgan fingerprint density at radius 3 is 2.47 bits per heavy atom. The van der Waals surface area contributed by atoms with Crippen LogP contribution in [0.5, 0.6) is 0 Å². The second kappa shape index (κ2) is 11.7. The van der Waals surface area contributed by atoms with Crippen LogP contribution < -0.4 is 0 Å². The first-order valence-corrected chi connectivity index (χ1v) is 15.7. The van der Waals surface area contributed by atoms with Crippen LogP contribution in [0.3, 0.4) is 0 Å². The molecule has 0 aliphatic heterocycles. The van der Waals surface area contributed by atoms with E-state index in [-0.39, 0.29) is 36.3 Å². The van der Waals surface area contributed by atoms with E-state index < -0.39 is 0 Å². The van der Waals surface area contributed by atoms with Gasteiger partial charge in [-0.15, -0.1) is 0 Å². The van der Waals surface area contributed by atoms with Crippen molar-refractivity contribution in [3.8, 4) is 0 Å². The first-order valence-electron chi connectivity index (χ1n) is 14.8. The number of fused-ring (bicyclic) bond motifs is 5. The quantitative estimate of drug-likeness (QED) is 0.149. The summed E-state index contributed by atoms with van der Waals surface area (Å²) in [7, 11) is 0. The van der Waals surface area contributed by atoms with Crippen LogP contribution >= 0.6 is 23.0 Å². The van der Waals surface area contributed by atoms with Crippen molar-refractivity contribution in [1.29, 1.82) is 0 Å². The van der Waals surface area contributed by atoms with E-state index in [1.807, 2.05) is 0 Å². The van der Waals surface area contributed by atoms with Gasteiger partial charge in [-0.05, 0) is 91.3 Å². The summed E-state index contributed by atoms with van der Waals surface area (Å²) < 4.78 is 10.4. The third-order valence-corrected chi connectivity index (χ3v) is 11.7. The molecule has 0 spiro atoms. The van der Waals surface area contributed by atoms with Crippen LogP contribution in [0, 0.1) is 46.3 Å². The summed E-state index contributed by atoms with van der Waals surface area (Å²) >= 11 is 1.56. The predicted molar refractivity (Wildman–Crippen MR) is 152 cm³/mol. The number of halogens is 1. The van der Waals surface area contributed by atoms with Crippen molar-refractivity contribution in [2.24, 2.45) is 46.3 Å². The van der Waals surface area contributed by atoms with E-state index in [9.17, 15) is 9.59 Å². The molecule has 0 aromatic carbocycles. The van der Waals surface area contributed by atoms with Crippen LogP contribution in [0.4, 0.5) is 0 Å². The van der Waals surface area contributed by atoms with Crippen molar-refractivity contribution in [2.45, 2.75) is 124 Å². The number of carbonyl (C=O) groups is 2. The van der Waals surface area contributed by atoms with Gasteiger partial charge in [0.2, 0.25) is 0 Å². The highest BCUT2D eigenvalue weighted by Crippen LogP contribution is 2.67. The van der Waals surface area contributed by atoms with Crippen LogP contribution in [0.1, 0.15) is 118 Å². The van der Waals surface area contributed by atoms with Crippen molar-refractivity contribution >= 4 is 34.9 Å². The average Bonchev–Trinajstić information content (AvgIpc) is 3.19. The molecule has 0 bridgehead atoms. The Bertz CT molecular complexity index is 836. The van der Waals surface area contributed by atoms with Gasteiger partial charge in [-0.1, -0.05) is 65.5 Å². The van der Waals surface area contributed by atoms with Gasteiger partial charge in [-0.25, -0.2) is 0 Å². The van der Waals surface area contributed by atoms with Gasteiger partial charge in [-0.2, -0.15) is 0 Å². The molecular weight excluding hydrogens is 563 g/mol. The molecule has 0 aromatic rings. The summed E-state index contributed by atoms with van der Waals surface area (Å²) in [5, 5.41) is 0. The van der Waals surface area contributed by atoms with E-state index in [2.05, 4.69) is 43.8 Å². The zero-order chi connectivity index (χ0) is 26.1. The Balaban J connectivity index is 1.38. The van der Waals surface area contributed by atoms with Gasteiger partial charge in [0.05, 0.1) is 12.8 Å². The fourth-order valence-electron chi connectivity index (χ4n) is 9.24. The fourth-order valence-corrected chi connectivity index (χ4v) is 9.46. The molecule has 0 unspecified atom stereocenters. The lowest BCUT2D eigenvalue weighted by Crippen LogP contribution is -2.51. The molecule has 0 saturated heterocycles. The number of rotatable bonds is 9. The monoisotopic (exact) mass is 612 g/mol. The standard InChI is InChI=1S/C31H49IO4/c1-20(2)7-6-8-21(3)25-11-12-26-24-10-9-22-19-23(35-28(33)13-14-29(34)36-32)15-17-30(22,4)27(24)16-18-31(25,26)5/h9,20-21,23-27H,6-8,10-19H2,1-5H3/t21-,23+,24+,25-,26+,27+,30+,31-/m1/s1. The van der Waals surface area contributed by atoms with Crippen LogP contribution in [0.15, 0.2) is 11.6 Å². The molecule has 4 rings (SSSR count). The molecule has 204 valence electrons. The van der Waals surface area contributed by atoms with Crippen LogP contribution in [0.25, 0.3) is 0 Å². The number of allylic oxidation sites excluding steroid dienone is 1. The fraction of sp³-hybridized carbons (Fsp3) is 0.871. The van der Waals surface area contributed by atoms with E-state index in [0.717, 1.165) is 54.8 Å². The Kier molecular flexibility index (Phi) is 9.20. The van der Waals surface area contributed by atoms with Gasteiger partial charge < -0.3 is 7.80 Å². The Labute approximate surface area is 233 Å². The van der Waals surface area contributed by atoms with Gasteiger partial charge in [0.25, 0.3) is 0 Å². The SMILES string of the molecule is CC(C)CCC[C@@H](C)[C@H]1CC[C@H]2[C@@H]3CC=C4C[C@@H](OC(=O)CCC(=O)OI)CC[C@]4(C)[C@H]3CC[C@]12C. The predicted octanol–water partition coefficient (Wildman–Crippen LogP) is 8.61. The van der Waals surface area contributed by atoms with E-state index in [4.69, 9.17) is 4.74 Å². The van der Waals surface area contributed by atoms with Crippen molar-refractivity contribution in [3.05, 3.63) is 11.6 Å². The molecule has 0 heterocycles. The number of esters is 1. The second-order valence-corrected chi connectivity index (χ2v) is 14.0. The Morgan fingerprint density at radius 1 is 1.00 bits per heavy atom. The van der Waals surface area contributed by atoms with Gasteiger partial charge >= 0.3 is 11.9 Å². The zero-order valence-electron chi connectivity index (χ0n) is 23.3. The molecule has 4 nitrogen and oxygen atoms in total. The van der Waals surface area contributed by atoms with Crippen LogP contribution in [0.2, 0.25) is 0 Å². The minimum atomic E-state index is -0.367. The Hall–Kier alpha value is -0.590. The summed E-state index contributed by atoms with van der Waals surface area (Å²) in [6.07, 6.45) is 16.6. The van der Waals surface area contributed by atoms with Crippen molar-refractivity contribution < 1.29 is 17.4 Å². The molecule has 4 aliphatic carbocycles. The summed E-state index contributed by atoms with van der Waals surface area (Å²) in [6.45, 7) is 12.4. The Morgan fingerprint density at radius 2 is 1.75 bits per heavy atom. The molecule has 0 radical (unpaired) electrons. The van der Waals surface area contributed by atoms with Crippen molar-refractivity contribution in [1.82, 2.24) is 0 Å². The summed E-state index contributed by atoms with van der Waals surface area (Å²) in [4.78, 5) is 23.6. The van der Waals surface area contributed by atoms with Gasteiger partial charge in [0, 0.05) is 6.42 Å². The summed E-state index contributed by atoms with van der Waals surface area (Å²) in [5.74, 6) is 4.40. The molecule has 0 N–H and O–H groups in total. The van der Waals surface area contributed by atoms with Gasteiger partial charge in [0.1, 0.15) is 6.10 Å². The average molecular weight is 613 g/mol. The molecule has 5 heteroatoms. The molecule has 0 amide bonds. The number of hydrogen-bond acceptors (Lipinski definition) is 4. The largest absolute Gasteiger partial charge is 0.462 e. The van der Waals surface area contributed by atoms with Crippen LogP contribution in [-0.4, -0.2) is 18.0 Å². The highest BCUT2D eigenvalue weighted by Gasteiger charge is 2.59. The number of carbonyl (C=O) groups excluding carboxylic acids is 2.